The zero-order valence-corrected chi connectivity index (χ0v) is 12.0. The predicted molar refractivity (Wildman–Crippen MR) is 74.8 cm³/mol. The molecule has 106 valence electrons. The fourth-order valence-electron chi connectivity index (χ4n) is 3.06. The van der Waals surface area contributed by atoms with Gasteiger partial charge in [-0.2, -0.15) is 0 Å². The van der Waals surface area contributed by atoms with Gasteiger partial charge in [-0.3, -0.25) is 14.1 Å². The molecule has 0 spiro atoms. The first-order chi connectivity index (χ1) is 9.70. The highest BCUT2D eigenvalue weighted by Crippen LogP contribution is 2.22. The molecule has 2 aromatic rings. The van der Waals surface area contributed by atoms with E-state index in [2.05, 4.69) is 38.1 Å². The molecule has 2 aliphatic rings. The number of thiazole rings is 1. The number of hydrogen-bond acceptors (Lipinski definition) is 5. The summed E-state index contributed by atoms with van der Waals surface area (Å²) in [5.41, 5.74) is 2.31. The Balaban J connectivity index is 1.54. The fourth-order valence-corrected chi connectivity index (χ4v) is 3.84. The minimum atomic E-state index is -0.00569. The van der Waals surface area contributed by atoms with E-state index in [9.17, 15) is 4.79 Å². The second kappa shape index (κ2) is 4.54. The highest BCUT2D eigenvalue weighted by molar-refractivity contribution is 7.15. The summed E-state index contributed by atoms with van der Waals surface area (Å²) in [6.45, 7) is 4.79. The van der Waals surface area contributed by atoms with Gasteiger partial charge in [0, 0.05) is 31.2 Å². The van der Waals surface area contributed by atoms with Crippen LogP contribution in [-0.4, -0.2) is 52.0 Å². The third kappa shape index (κ3) is 1.93. The Kier molecular flexibility index (Phi) is 2.80. The molecular formula is C13H16N4O2S. The van der Waals surface area contributed by atoms with E-state index in [1.165, 1.54) is 5.69 Å². The molecule has 2 saturated heterocycles. The number of hydrogen-bond donors (Lipinski definition) is 1. The Bertz CT molecular complexity index is 664. The van der Waals surface area contributed by atoms with Crippen LogP contribution in [0.1, 0.15) is 11.4 Å². The second-order valence-corrected chi connectivity index (χ2v) is 6.29. The lowest BCUT2D eigenvalue weighted by molar-refractivity contribution is -0.134. The van der Waals surface area contributed by atoms with Crippen molar-refractivity contribution in [2.24, 2.45) is 0 Å². The summed E-state index contributed by atoms with van der Waals surface area (Å²) >= 11 is 1.65. The number of aromatic nitrogens is 2. The van der Waals surface area contributed by atoms with Gasteiger partial charge in [0.2, 0.25) is 5.91 Å². The van der Waals surface area contributed by atoms with Crippen LogP contribution in [0.5, 0.6) is 0 Å². The van der Waals surface area contributed by atoms with Gasteiger partial charge in [0.15, 0.2) is 4.96 Å². The lowest BCUT2D eigenvalue weighted by Gasteiger charge is -2.25. The summed E-state index contributed by atoms with van der Waals surface area (Å²) in [5, 5.41) is 5.06. The van der Waals surface area contributed by atoms with Crippen LogP contribution in [0.25, 0.3) is 4.96 Å². The van der Waals surface area contributed by atoms with E-state index in [0.717, 1.165) is 30.3 Å². The standard InChI is InChI=1S/C13H16N4O2S/c1-8-10(17-2-3-20-13(17)14-8)5-16-4-9-11(6-16)19-7-12(18)15-9/h2-3,9,11H,4-7H2,1H3,(H,15,18)/t9-,11-/m0/s1. The molecule has 4 rings (SSSR count). The van der Waals surface area contributed by atoms with Crippen molar-refractivity contribution in [2.45, 2.75) is 25.6 Å². The molecule has 20 heavy (non-hydrogen) atoms. The third-order valence-electron chi connectivity index (χ3n) is 4.05. The monoisotopic (exact) mass is 292 g/mol. The maximum absolute atomic E-state index is 11.4. The van der Waals surface area contributed by atoms with Crippen molar-refractivity contribution in [3.05, 3.63) is 23.0 Å². The molecule has 7 heteroatoms. The van der Waals surface area contributed by atoms with Gasteiger partial charge in [-0.1, -0.05) is 0 Å². The second-order valence-electron chi connectivity index (χ2n) is 5.42. The van der Waals surface area contributed by atoms with Crippen LogP contribution in [0.3, 0.4) is 0 Å². The van der Waals surface area contributed by atoms with Gasteiger partial charge in [-0.15, -0.1) is 11.3 Å². The smallest absolute Gasteiger partial charge is 0.246 e. The topological polar surface area (TPSA) is 58.9 Å². The first kappa shape index (κ1) is 12.3. The van der Waals surface area contributed by atoms with Crippen molar-refractivity contribution in [1.29, 1.82) is 0 Å². The molecule has 4 heterocycles. The number of rotatable bonds is 2. The number of aryl methyl sites for hydroxylation is 1. The van der Waals surface area contributed by atoms with Crippen LogP contribution in [-0.2, 0) is 16.1 Å². The lowest BCUT2D eigenvalue weighted by Crippen LogP contribution is -2.50. The van der Waals surface area contributed by atoms with Gasteiger partial charge in [0.25, 0.3) is 0 Å². The molecule has 1 N–H and O–H groups in total. The minimum absolute atomic E-state index is 0.00569. The number of morpholine rings is 1. The number of likely N-dealkylation sites (tertiary alicyclic amines) is 1. The van der Waals surface area contributed by atoms with Crippen LogP contribution >= 0.6 is 11.3 Å². The number of amides is 1. The van der Waals surface area contributed by atoms with E-state index >= 15 is 0 Å². The van der Waals surface area contributed by atoms with Gasteiger partial charge < -0.3 is 10.1 Å². The Morgan fingerprint density at radius 3 is 3.35 bits per heavy atom. The van der Waals surface area contributed by atoms with Crippen molar-refractivity contribution in [2.75, 3.05) is 19.7 Å². The van der Waals surface area contributed by atoms with E-state index in [1.54, 1.807) is 11.3 Å². The van der Waals surface area contributed by atoms with Crippen molar-refractivity contribution in [3.8, 4) is 0 Å². The molecule has 0 saturated carbocycles. The molecule has 0 aliphatic carbocycles. The zero-order valence-electron chi connectivity index (χ0n) is 11.2. The van der Waals surface area contributed by atoms with Gasteiger partial charge in [0.1, 0.15) is 6.61 Å². The van der Waals surface area contributed by atoms with Crippen molar-refractivity contribution in [3.63, 3.8) is 0 Å². The molecule has 2 aromatic heterocycles. The summed E-state index contributed by atoms with van der Waals surface area (Å²) in [4.78, 5) is 19.3. The quantitative estimate of drug-likeness (QED) is 0.870. The SMILES string of the molecule is Cc1nc2sccn2c1CN1C[C@@H]2NC(=O)CO[C@H]2C1. The lowest BCUT2D eigenvalue weighted by atomic mass is 10.2. The number of nitrogens with one attached hydrogen (secondary N) is 1. The summed E-state index contributed by atoms with van der Waals surface area (Å²) in [6, 6.07) is 0.127. The summed E-state index contributed by atoms with van der Waals surface area (Å²) in [7, 11) is 0. The Labute approximate surface area is 120 Å². The molecule has 2 fully saturated rings. The van der Waals surface area contributed by atoms with E-state index in [0.29, 0.717) is 0 Å². The predicted octanol–water partition coefficient (Wildman–Crippen LogP) is 0.403. The Morgan fingerprint density at radius 2 is 2.45 bits per heavy atom. The molecule has 1 amide bonds. The summed E-state index contributed by atoms with van der Waals surface area (Å²) in [5.74, 6) is -0.00569. The van der Waals surface area contributed by atoms with Gasteiger partial charge in [-0.25, -0.2) is 4.98 Å². The van der Waals surface area contributed by atoms with E-state index in [4.69, 9.17) is 4.74 Å². The molecule has 0 aromatic carbocycles. The van der Waals surface area contributed by atoms with Crippen LogP contribution in [0, 0.1) is 6.92 Å². The first-order valence-electron chi connectivity index (χ1n) is 6.75. The maximum atomic E-state index is 11.4. The largest absolute Gasteiger partial charge is 0.365 e. The van der Waals surface area contributed by atoms with Crippen LogP contribution in [0.4, 0.5) is 0 Å². The number of imidazole rings is 1. The zero-order chi connectivity index (χ0) is 13.7. The molecule has 2 atom stereocenters. The van der Waals surface area contributed by atoms with Crippen LogP contribution in [0.15, 0.2) is 11.6 Å². The molecule has 2 aliphatic heterocycles. The van der Waals surface area contributed by atoms with Gasteiger partial charge >= 0.3 is 0 Å². The molecule has 0 bridgehead atoms. The van der Waals surface area contributed by atoms with E-state index < -0.39 is 0 Å². The van der Waals surface area contributed by atoms with Gasteiger partial charge in [-0.05, 0) is 6.92 Å². The number of fused-ring (bicyclic) bond motifs is 2. The number of ether oxygens (including phenoxy) is 1. The Hall–Kier alpha value is -1.44. The molecule has 6 nitrogen and oxygen atoms in total. The summed E-state index contributed by atoms with van der Waals surface area (Å²) < 4.78 is 7.75. The maximum Gasteiger partial charge on any atom is 0.246 e. The van der Waals surface area contributed by atoms with Crippen molar-refractivity contribution < 1.29 is 9.53 Å². The van der Waals surface area contributed by atoms with Gasteiger partial charge in [0.05, 0.1) is 23.5 Å². The number of carbonyl (C=O) groups is 1. The normalized spacial score (nSPS) is 26.9. The molecular weight excluding hydrogens is 276 g/mol. The number of nitrogens with zero attached hydrogens (tertiary/aromatic N) is 3. The van der Waals surface area contributed by atoms with Crippen molar-refractivity contribution >= 4 is 22.2 Å². The van der Waals surface area contributed by atoms with Crippen molar-refractivity contribution in [1.82, 2.24) is 19.6 Å². The molecule has 0 unspecified atom stereocenters. The Morgan fingerprint density at radius 1 is 1.55 bits per heavy atom. The van der Waals surface area contributed by atoms with E-state index in [1.807, 2.05) is 0 Å². The average molecular weight is 292 g/mol. The minimum Gasteiger partial charge on any atom is -0.365 e. The highest BCUT2D eigenvalue weighted by atomic mass is 32.1. The first-order valence-corrected chi connectivity index (χ1v) is 7.63. The van der Waals surface area contributed by atoms with Crippen LogP contribution in [0.2, 0.25) is 0 Å². The third-order valence-corrected chi connectivity index (χ3v) is 4.81. The fraction of sp³-hybridized carbons (Fsp3) is 0.538. The van der Waals surface area contributed by atoms with Crippen LogP contribution < -0.4 is 5.32 Å². The number of carbonyl (C=O) groups excluding carboxylic acids is 1. The summed E-state index contributed by atoms with van der Waals surface area (Å²) in [6.07, 6.45) is 2.19. The molecule has 0 radical (unpaired) electrons. The average Bonchev–Trinajstić information content (AvgIpc) is 3.06. The highest BCUT2D eigenvalue weighted by Gasteiger charge is 2.38. The van der Waals surface area contributed by atoms with E-state index in [-0.39, 0.29) is 24.7 Å².